The number of hydrogen-bond donors (Lipinski definition) is 1. The largest absolute Gasteiger partial charge is 1.00 e. The third-order valence-electron chi connectivity index (χ3n) is 0.434. The Morgan fingerprint density at radius 3 is 2.50 bits per heavy atom. The van der Waals surface area contributed by atoms with Crippen molar-refractivity contribution >= 4 is 18.6 Å². The van der Waals surface area contributed by atoms with Crippen LogP contribution >= 0.6 is 12.6 Å². The first-order valence-corrected chi connectivity index (χ1v) is 2.71. The van der Waals surface area contributed by atoms with Gasteiger partial charge in [-0.05, 0) is 6.92 Å². The van der Waals surface area contributed by atoms with Crippen molar-refractivity contribution in [3.63, 3.8) is 0 Å². The van der Waals surface area contributed by atoms with Crippen molar-refractivity contribution in [3.05, 3.63) is 0 Å². The molecule has 2 nitrogen and oxygen atoms in total. The summed E-state index contributed by atoms with van der Waals surface area (Å²) in [5.74, 6) is -0.0840. The second kappa shape index (κ2) is 7.42. The molecule has 0 aliphatic carbocycles. The number of thiol groups is 1. The van der Waals surface area contributed by atoms with E-state index in [9.17, 15) is 4.79 Å². The Labute approximate surface area is 68.0 Å². The molecule has 8 heavy (non-hydrogen) atoms. The number of rotatable bonds is 2. The monoisotopic (exact) mass is 128 g/mol. The van der Waals surface area contributed by atoms with E-state index in [1.54, 1.807) is 6.92 Å². The maximum Gasteiger partial charge on any atom is 1.00 e. The summed E-state index contributed by atoms with van der Waals surface area (Å²) in [4.78, 5) is 10.1. The zero-order valence-electron chi connectivity index (χ0n) is 6.18. The molecule has 0 rings (SSSR count). The molecule has 0 aromatic rings. The fraction of sp³-hybridized carbons (Fsp3) is 0.750. The first-order valence-electron chi connectivity index (χ1n) is 2.07. The van der Waals surface area contributed by atoms with E-state index >= 15 is 0 Å². The number of carbonyl (C=O) groups excluding carboxylic acids is 1. The second-order valence-electron chi connectivity index (χ2n) is 0.963. The van der Waals surface area contributed by atoms with Crippen molar-refractivity contribution in [2.24, 2.45) is 0 Å². The van der Waals surface area contributed by atoms with Crippen molar-refractivity contribution in [2.45, 2.75) is 6.92 Å². The molecule has 0 aliphatic heterocycles. The van der Waals surface area contributed by atoms with Gasteiger partial charge in [-0.1, -0.05) is 0 Å². The van der Waals surface area contributed by atoms with Crippen LogP contribution in [0.2, 0.25) is 0 Å². The Morgan fingerprint density at radius 2 is 2.38 bits per heavy atom. The molecular weight excluding hydrogens is 119 g/mol. The van der Waals surface area contributed by atoms with Gasteiger partial charge in [0.05, 0.1) is 12.4 Å². The molecule has 44 valence electrons. The summed E-state index contributed by atoms with van der Waals surface area (Å²) in [5, 5.41) is 0. The second-order valence-corrected chi connectivity index (χ2v) is 1.28. The van der Waals surface area contributed by atoms with E-state index < -0.39 is 0 Å². The van der Waals surface area contributed by atoms with Crippen LogP contribution in [-0.4, -0.2) is 18.3 Å². The molecule has 4 heteroatoms. The minimum Gasteiger partial charge on any atom is -1.00 e. The molecule has 0 saturated carbocycles. The van der Waals surface area contributed by atoms with Gasteiger partial charge in [0, 0.05) is 0 Å². The van der Waals surface area contributed by atoms with E-state index in [1.165, 1.54) is 0 Å². The van der Waals surface area contributed by atoms with Crippen molar-refractivity contribution in [1.29, 1.82) is 0 Å². The molecule has 0 heterocycles. The molecule has 0 aliphatic rings. The SMILES string of the molecule is CCOC(=O)CS.[H-].[Li+]. The molecule has 0 bridgehead atoms. The van der Waals surface area contributed by atoms with Crippen LogP contribution < -0.4 is 18.9 Å². The van der Waals surface area contributed by atoms with E-state index in [0.29, 0.717) is 6.61 Å². The minimum atomic E-state index is -0.258. The Balaban J connectivity index is -0.000000180. The first kappa shape index (κ1) is 11.2. The molecule has 0 spiro atoms. The zero-order valence-corrected chi connectivity index (χ0v) is 6.07. The van der Waals surface area contributed by atoms with E-state index in [1.807, 2.05) is 0 Å². The normalized spacial score (nSPS) is 7.25. The molecule has 0 aromatic carbocycles. The van der Waals surface area contributed by atoms with Crippen molar-refractivity contribution in [3.8, 4) is 0 Å². The molecule has 0 N–H and O–H groups in total. The summed E-state index contributed by atoms with van der Waals surface area (Å²) >= 11 is 3.67. The molecule has 0 radical (unpaired) electrons. The van der Waals surface area contributed by atoms with Gasteiger partial charge in [0.1, 0.15) is 0 Å². The smallest absolute Gasteiger partial charge is 1.00 e. The fourth-order valence-corrected chi connectivity index (χ4v) is 0.298. The standard InChI is InChI=1S/C4H8O2S.Li.H/c1-2-6-4(5)3-7;;/h7H,2-3H2,1H3;;/q;+1;-1. The van der Waals surface area contributed by atoms with Crippen LogP contribution in [0.4, 0.5) is 0 Å². The predicted octanol–water partition coefficient (Wildman–Crippen LogP) is -2.40. The maximum atomic E-state index is 10.1. The third-order valence-corrected chi connectivity index (χ3v) is 0.693. The Morgan fingerprint density at radius 1 is 1.88 bits per heavy atom. The molecule has 0 aromatic heterocycles. The molecule has 0 amide bonds. The summed E-state index contributed by atoms with van der Waals surface area (Å²) in [7, 11) is 0. The molecule has 0 fully saturated rings. The summed E-state index contributed by atoms with van der Waals surface area (Å²) < 4.78 is 4.48. The van der Waals surface area contributed by atoms with Gasteiger partial charge in [-0.3, -0.25) is 4.79 Å². The van der Waals surface area contributed by atoms with E-state index in [-0.39, 0.29) is 32.0 Å². The van der Waals surface area contributed by atoms with Gasteiger partial charge in [-0.15, -0.1) is 0 Å². The quantitative estimate of drug-likeness (QED) is 0.255. The topological polar surface area (TPSA) is 26.3 Å². The first-order chi connectivity index (χ1) is 3.31. The minimum absolute atomic E-state index is 0. The van der Waals surface area contributed by atoms with Crippen molar-refractivity contribution < 1.29 is 29.8 Å². The van der Waals surface area contributed by atoms with Gasteiger partial charge >= 0.3 is 24.8 Å². The molecule has 0 saturated heterocycles. The summed E-state index contributed by atoms with van der Waals surface area (Å²) in [6.45, 7) is 2.21. The predicted molar refractivity (Wildman–Crippen MR) is 31.6 cm³/mol. The number of ether oxygens (including phenoxy) is 1. The fourth-order valence-electron chi connectivity index (χ4n) is 0.207. The van der Waals surface area contributed by atoms with Crippen LogP contribution in [0.25, 0.3) is 0 Å². The molecular formula is C4H9LiO2S. The molecule has 0 atom stereocenters. The van der Waals surface area contributed by atoms with E-state index in [4.69, 9.17) is 0 Å². The Kier molecular flexibility index (Phi) is 10.4. The van der Waals surface area contributed by atoms with Crippen LogP contribution in [-0.2, 0) is 9.53 Å². The maximum absolute atomic E-state index is 10.1. The third kappa shape index (κ3) is 6.42. The van der Waals surface area contributed by atoms with Gasteiger partial charge in [0.15, 0.2) is 0 Å². The Bertz CT molecular complexity index is 71.6. The average Bonchev–Trinajstić information content (AvgIpc) is 1.68. The van der Waals surface area contributed by atoms with Crippen LogP contribution in [0.15, 0.2) is 0 Å². The van der Waals surface area contributed by atoms with Gasteiger partial charge in [-0.2, -0.15) is 12.6 Å². The van der Waals surface area contributed by atoms with Crippen molar-refractivity contribution in [2.75, 3.05) is 12.4 Å². The van der Waals surface area contributed by atoms with Crippen LogP contribution in [0.5, 0.6) is 0 Å². The van der Waals surface area contributed by atoms with Gasteiger partial charge < -0.3 is 6.16 Å². The average molecular weight is 128 g/mol. The molecule has 0 unspecified atom stereocenters. The van der Waals surface area contributed by atoms with Gasteiger partial charge in [0.25, 0.3) is 0 Å². The number of hydrogen-bond acceptors (Lipinski definition) is 3. The van der Waals surface area contributed by atoms with Gasteiger partial charge in [-0.25, -0.2) is 0 Å². The number of esters is 1. The van der Waals surface area contributed by atoms with Gasteiger partial charge in [0.2, 0.25) is 0 Å². The van der Waals surface area contributed by atoms with Crippen LogP contribution in [0, 0.1) is 0 Å². The van der Waals surface area contributed by atoms with E-state index in [2.05, 4.69) is 17.4 Å². The number of carbonyl (C=O) groups is 1. The van der Waals surface area contributed by atoms with E-state index in [0.717, 1.165) is 0 Å². The van der Waals surface area contributed by atoms with Crippen LogP contribution in [0.1, 0.15) is 8.35 Å². The summed E-state index contributed by atoms with van der Waals surface area (Å²) in [6, 6.07) is 0. The Hall–Kier alpha value is 0.417. The van der Waals surface area contributed by atoms with Crippen LogP contribution in [0.3, 0.4) is 0 Å². The zero-order chi connectivity index (χ0) is 5.70. The summed E-state index contributed by atoms with van der Waals surface area (Å²) in [6.07, 6.45) is 0. The van der Waals surface area contributed by atoms with Crippen molar-refractivity contribution in [1.82, 2.24) is 0 Å². The summed E-state index contributed by atoms with van der Waals surface area (Å²) in [5.41, 5.74) is 0.